The number of benzene rings is 7. The SMILES string of the molecule is C1CCNC1.COc1c(C)c(C)cc(B(O)O)c1I.COc1cc(C)cc(B(O)O)c1I.Cc1ccc(I)c(B(O)O)c1.Cc1ccc(I)c(B(O)O)c1.O=C(Cc1ccccc1)N1CCCC1.O=C(O)Cc1ccccc1.OB(O)c1ccccc1I. The highest BCUT2D eigenvalue weighted by Crippen LogP contribution is 2.26. The monoisotopic (exact) mass is 1770 g/mol. The summed E-state index contributed by atoms with van der Waals surface area (Å²) in [6, 6.07) is 42.7. The molecule has 17 nitrogen and oxygen atoms in total. The van der Waals surface area contributed by atoms with E-state index in [-0.39, 0.29) is 12.3 Å². The molecule has 7 aromatic rings. The van der Waals surface area contributed by atoms with Crippen LogP contribution in [0.2, 0.25) is 0 Å². The molecule has 470 valence electrons. The highest BCUT2D eigenvalue weighted by atomic mass is 127. The van der Waals surface area contributed by atoms with Gasteiger partial charge in [-0.05, 0) is 266 Å². The van der Waals surface area contributed by atoms with Crippen molar-refractivity contribution in [3.8, 4) is 11.5 Å². The van der Waals surface area contributed by atoms with Crippen LogP contribution in [-0.2, 0) is 22.4 Å². The van der Waals surface area contributed by atoms with E-state index in [4.69, 9.17) is 64.8 Å². The molecule has 0 atom stereocenters. The van der Waals surface area contributed by atoms with Crippen molar-refractivity contribution in [1.82, 2.24) is 10.2 Å². The molecule has 0 saturated carbocycles. The first kappa shape index (κ1) is 80.7. The number of carboxylic acids is 1. The van der Waals surface area contributed by atoms with Gasteiger partial charge in [0, 0.05) is 23.8 Å². The second-order valence-electron chi connectivity index (χ2n) is 19.8. The number of likely N-dealkylation sites (tertiary alicyclic amines) is 1. The summed E-state index contributed by atoms with van der Waals surface area (Å²) in [7, 11) is -3.82. The Morgan fingerprint density at radius 2 is 0.875 bits per heavy atom. The van der Waals surface area contributed by atoms with Gasteiger partial charge in [0.25, 0.3) is 0 Å². The van der Waals surface area contributed by atoms with Crippen LogP contribution >= 0.6 is 113 Å². The zero-order chi connectivity index (χ0) is 66.0. The van der Waals surface area contributed by atoms with E-state index in [1.54, 1.807) is 62.8 Å². The van der Waals surface area contributed by atoms with E-state index >= 15 is 0 Å². The van der Waals surface area contributed by atoms with Gasteiger partial charge < -0.3 is 75.0 Å². The molecule has 2 heterocycles. The molecule has 0 aromatic heterocycles. The van der Waals surface area contributed by atoms with Gasteiger partial charge in [-0.1, -0.05) is 126 Å². The highest BCUT2D eigenvalue weighted by Gasteiger charge is 2.22. The van der Waals surface area contributed by atoms with Crippen LogP contribution in [0.15, 0.2) is 140 Å². The average Bonchev–Trinajstić information content (AvgIpc) is 3.48. The van der Waals surface area contributed by atoms with E-state index < -0.39 is 41.6 Å². The van der Waals surface area contributed by atoms with Crippen LogP contribution in [0.1, 0.15) is 64.6 Å². The Labute approximate surface area is 587 Å². The second-order valence-corrected chi connectivity index (χ2v) is 25.5. The molecule has 0 spiro atoms. The maximum atomic E-state index is 11.7. The summed E-state index contributed by atoms with van der Waals surface area (Å²) in [4.78, 5) is 23.9. The third-order valence-corrected chi connectivity index (χ3v) is 18.0. The number of aryl methyl sites for hydroxylation is 4. The molecular weight excluding hydrogens is 1690 g/mol. The van der Waals surface area contributed by atoms with Crippen molar-refractivity contribution < 1.29 is 74.4 Å². The van der Waals surface area contributed by atoms with Crippen LogP contribution in [0.5, 0.6) is 11.5 Å². The number of carbonyl (C=O) groups excluding carboxylic acids is 1. The van der Waals surface area contributed by atoms with Gasteiger partial charge in [-0.15, -0.1) is 0 Å². The molecule has 0 unspecified atom stereocenters. The first-order valence-corrected chi connectivity index (χ1v) is 33.1. The second kappa shape index (κ2) is 44.2. The molecule has 2 fully saturated rings. The Morgan fingerprint density at radius 1 is 0.466 bits per heavy atom. The number of hydrogen-bond acceptors (Lipinski definition) is 15. The number of carbonyl (C=O) groups is 2. The summed E-state index contributed by atoms with van der Waals surface area (Å²) in [6.07, 6.45) is 5.78. The standard InChI is InChI=1S/C12H15NO.C9H12BIO3.C8H10BIO3.C8H8O2.2C7H8BIO2.C6H6BIO2.C4H9N/c14-12(13-8-4-5-9-13)10-11-6-2-1-3-7-11;1-5-4-7(10(12)13)8(11)9(14-3)6(5)2;1-5-3-6(9(11)12)8(10)7(4-5)13-2;9-8(10)6-7-4-2-1-3-5-7;2*1-5-2-3-7(9)6(4-5)8(10)11;8-6-4-2-1-3-5(6)7(9)10;1-2-4-5-3-1/h1-3,6-7H,4-5,8-10H2;4,12-13H,1-3H3;3-4,11-12H,1-2H3;1-5H,6H2,(H,9,10);2*2-4,10-11H,1H3;1-4,9-10H;5H,1-4H2. The lowest BCUT2D eigenvalue weighted by molar-refractivity contribution is -0.136. The number of nitrogens with one attached hydrogen (secondary N) is 1. The lowest BCUT2D eigenvalue weighted by Gasteiger charge is -2.14. The lowest BCUT2D eigenvalue weighted by atomic mass is 9.79. The average molecular weight is 1770 g/mol. The fourth-order valence-corrected chi connectivity index (χ4v) is 11.8. The topological polar surface area (TPSA) is 290 Å². The van der Waals surface area contributed by atoms with Crippen molar-refractivity contribution in [1.29, 1.82) is 0 Å². The minimum Gasteiger partial charge on any atom is -0.496 e. The van der Waals surface area contributed by atoms with E-state index in [9.17, 15) is 9.59 Å². The number of ether oxygens (including phenoxy) is 2. The summed E-state index contributed by atoms with van der Waals surface area (Å²) < 4.78 is 14.4. The smallest absolute Gasteiger partial charge is 0.489 e. The maximum Gasteiger partial charge on any atom is 0.489 e. The molecule has 12 N–H and O–H groups in total. The first-order chi connectivity index (χ1) is 41.6. The van der Waals surface area contributed by atoms with Crippen LogP contribution in [0.4, 0.5) is 0 Å². The van der Waals surface area contributed by atoms with E-state index in [2.05, 4.69) is 95.7 Å². The van der Waals surface area contributed by atoms with E-state index in [1.807, 2.05) is 153 Å². The largest absolute Gasteiger partial charge is 0.496 e. The molecule has 27 heteroatoms. The van der Waals surface area contributed by atoms with Crippen molar-refractivity contribution in [2.45, 2.75) is 73.1 Å². The van der Waals surface area contributed by atoms with Crippen molar-refractivity contribution in [3.05, 3.63) is 196 Å². The third kappa shape index (κ3) is 30.8. The van der Waals surface area contributed by atoms with Gasteiger partial charge in [-0.25, -0.2) is 0 Å². The normalized spacial score (nSPS) is 11.5. The predicted molar refractivity (Wildman–Crippen MR) is 398 cm³/mol. The van der Waals surface area contributed by atoms with Crippen LogP contribution in [0.25, 0.3) is 0 Å². The van der Waals surface area contributed by atoms with Crippen LogP contribution in [0.3, 0.4) is 0 Å². The maximum absolute atomic E-state index is 11.7. The summed E-state index contributed by atoms with van der Waals surface area (Å²) in [5.41, 5.74) is 9.68. The van der Waals surface area contributed by atoms with Crippen LogP contribution < -0.4 is 42.1 Å². The molecule has 0 aliphatic carbocycles. The van der Waals surface area contributed by atoms with Crippen molar-refractivity contribution >= 4 is 188 Å². The highest BCUT2D eigenvalue weighted by molar-refractivity contribution is 14.1. The van der Waals surface area contributed by atoms with E-state index in [0.717, 1.165) is 69.9 Å². The van der Waals surface area contributed by atoms with Gasteiger partial charge in [0.1, 0.15) is 11.5 Å². The summed E-state index contributed by atoms with van der Waals surface area (Å²) in [5, 5.41) is 101. The van der Waals surface area contributed by atoms with E-state index in [1.165, 1.54) is 38.8 Å². The molecule has 2 aliphatic heterocycles. The molecule has 2 saturated heterocycles. The van der Waals surface area contributed by atoms with E-state index in [0.29, 0.717) is 45.2 Å². The van der Waals surface area contributed by atoms with Crippen molar-refractivity contribution in [3.63, 3.8) is 0 Å². The minimum absolute atomic E-state index is 0.112. The summed E-state index contributed by atoms with van der Waals surface area (Å²) in [6.45, 7) is 14.0. The Hall–Kier alpha value is -3.39. The van der Waals surface area contributed by atoms with Crippen LogP contribution in [-0.4, -0.2) is 148 Å². The lowest BCUT2D eigenvalue weighted by Crippen LogP contribution is -2.33. The molecular formula is C61H76B5I5N2O15. The predicted octanol–water partition coefficient (Wildman–Crippen LogP) is 4.95. The fourth-order valence-electron chi connectivity index (χ4n) is 8.06. The fraction of sp³-hybridized carbons (Fsp3) is 0.279. The molecule has 88 heavy (non-hydrogen) atoms. The minimum atomic E-state index is -1.45. The van der Waals surface area contributed by atoms with Gasteiger partial charge in [0.2, 0.25) is 5.91 Å². The zero-order valence-electron chi connectivity index (χ0n) is 50.1. The third-order valence-electron chi connectivity index (χ3n) is 12.8. The first-order valence-electron chi connectivity index (χ1n) is 27.7. The quantitative estimate of drug-likeness (QED) is 0.0603. The van der Waals surface area contributed by atoms with Gasteiger partial charge in [0.05, 0.1) is 34.2 Å². The van der Waals surface area contributed by atoms with Gasteiger partial charge >= 0.3 is 41.6 Å². The molecule has 0 radical (unpaired) electrons. The molecule has 9 rings (SSSR count). The van der Waals surface area contributed by atoms with Crippen molar-refractivity contribution in [2.24, 2.45) is 0 Å². The number of carboxylic acid groups (broad SMARTS) is 1. The molecule has 2 aliphatic rings. The molecule has 0 bridgehead atoms. The Morgan fingerprint density at radius 3 is 1.25 bits per heavy atom. The number of methoxy groups -OCH3 is 2. The Balaban J connectivity index is 0.000000346. The number of halogens is 5. The Bertz CT molecular complexity index is 3130. The molecule has 7 aromatic carbocycles. The Kier molecular flexibility index (Phi) is 40.5. The van der Waals surface area contributed by atoms with Gasteiger partial charge in [0.15, 0.2) is 0 Å². The number of nitrogens with zero attached hydrogens (tertiary/aromatic N) is 1. The van der Waals surface area contributed by atoms with Gasteiger partial charge in [-0.3, -0.25) is 9.59 Å². The van der Waals surface area contributed by atoms with Gasteiger partial charge in [-0.2, -0.15) is 0 Å². The van der Waals surface area contributed by atoms with Crippen molar-refractivity contribution in [2.75, 3.05) is 40.4 Å². The number of amides is 1. The molecule has 1 amide bonds. The summed E-state index contributed by atoms with van der Waals surface area (Å²) in [5.74, 6) is 0.873. The number of hydrogen-bond donors (Lipinski definition) is 12. The number of aliphatic carboxylic acids is 1. The van der Waals surface area contributed by atoms with Crippen LogP contribution in [0, 0.1) is 52.5 Å². The zero-order valence-corrected chi connectivity index (χ0v) is 60.9. The number of rotatable bonds is 11. The summed E-state index contributed by atoms with van der Waals surface area (Å²) >= 11 is 10.3.